The number of rotatable bonds is 6. The van der Waals surface area contributed by atoms with Crippen LogP contribution in [0.1, 0.15) is 19.8 Å². The maximum Gasteiger partial charge on any atom is 0.410 e. The van der Waals surface area contributed by atoms with Crippen molar-refractivity contribution in [3.63, 3.8) is 0 Å². The summed E-state index contributed by atoms with van der Waals surface area (Å²) in [5.41, 5.74) is -0.391. The number of likely N-dealkylation sites (tertiary alicyclic amines) is 1. The predicted octanol–water partition coefficient (Wildman–Crippen LogP) is 3.13. The van der Waals surface area contributed by atoms with Gasteiger partial charge in [-0.25, -0.2) is 15.4 Å². The second-order valence-electron chi connectivity index (χ2n) is 9.47. The molecule has 1 aliphatic carbocycles. The number of benzene rings is 1. The fraction of sp³-hybridized carbons (Fsp3) is 0.478. The molecule has 1 saturated carbocycles. The molecule has 194 valence electrons. The minimum Gasteiger partial charge on any atom is -0.471 e. The zero-order chi connectivity index (χ0) is 25.7. The molecular weight excluding hydrogens is 500 g/mol. The summed E-state index contributed by atoms with van der Waals surface area (Å²) in [4.78, 5) is 21.4. The van der Waals surface area contributed by atoms with E-state index in [0.29, 0.717) is 26.3 Å². The number of carbonyl (C=O) groups excluding carboxylic acids is 1. The van der Waals surface area contributed by atoms with Crippen LogP contribution in [0.25, 0.3) is 0 Å². The average molecular weight is 525 g/mol. The van der Waals surface area contributed by atoms with Gasteiger partial charge in [0.15, 0.2) is 11.6 Å². The number of aromatic nitrogens is 2. The number of ether oxygens (including phenoxy) is 4. The van der Waals surface area contributed by atoms with Crippen LogP contribution in [0.3, 0.4) is 0 Å². The second-order valence-corrected chi connectivity index (χ2v) is 11.2. The molecule has 10 nitrogen and oxygen atoms in total. The SMILES string of the molecule is [CH2-]S(=O)(=O)c1ccc(Oc2ncnc(OC3C4COCC3CN(C(=O)OC3(C)CC3)C4)c2F)c(F)c1. The molecule has 3 aliphatic rings. The van der Waals surface area contributed by atoms with E-state index in [1.54, 1.807) is 4.90 Å². The summed E-state index contributed by atoms with van der Waals surface area (Å²) in [6.45, 7) is 3.15. The molecule has 2 aliphatic heterocycles. The molecule has 5 rings (SSSR count). The highest BCUT2D eigenvalue weighted by Crippen LogP contribution is 2.40. The van der Waals surface area contributed by atoms with Gasteiger partial charge in [-0.3, -0.25) is 8.42 Å². The van der Waals surface area contributed by atoms with Crippen molar-refractivity contribution in [3.8, 4) is 17.5 Å². The van der Waals surface area contributed by atoms with E-state index in [0.717, 1.165) is 37.4 Å². The van der Waals surface area contributed by atoms with Crippen LogP contribution in [0.2, 0.25) is 0 Å². The number of hydrogen-bond acceptors (Lipinski definition) is 9. The summed E-state index contributed by atoms with van der Waals surface area (Å²) in [5.74, 6) is -3.99. The Labute approximate surface area is 206 Å². The fourth-order valence-corrected chi connectivity index (χ4v) is 4.84. The van der Waals surface area contributed by atoms with E-state index in [2.05, 4.69) is 16.2 Å². The van der Waals surface area contributed by atoms with Gasteiger partial charge in [0.2, 0.25) is 5.82 Å². The molecule has 1 aromatic carbocycles. The van der Waals surface area contributed by atoms with Gasteiger partial charge in [0.1, 0.15) is 18.0 Å². The Hall–Kier alpha value is -3.06. The third kappa shape index (κ3) is 5.07. The quantitative estimate of drug-likeness (QED) is 0.525. The monoisotopic (exact) mass is 524 g/mol. The largest absolute Gasteiger partial charge is 0.471 e. The summed E-state index contributed by atoms with van der Waals surface area (Å²) in [5, 5.41) is 0. The normalized spacial score (nSPS) is 24.7. The number of amides is 1. The van der Waals surface area contributed by atoms with Gasteiger partial charge in [-0.1, -0.05) is 0 Å². The first-order valence-electron chi connectivity index (χ1n) is 11.3. The first-order valence-corrected chi connectivity index (χ1v) is 13.0. The molecule has 13 heteroatoms. The van der Waals surface area contributed by atoms with Crippen molar-refractivity contribution in [1.82, 2.24) is 14.9 Å². The van der Waals surface area contributed by atoms with Gasteiger partial charge in [0, 0.05) is 39.7 Å². The molecular formula is C23H24F2N3O7S-. The lowest BCUT2D eigenvalue weighted by Crippen LogP contribution is -2.59. The number of hydrogen-bond donors (Lipinski definition) is 0. The van der Waals surface area contributed by atoms with Crippen LogP contribution in [0, 0.1) is 29.7 Å². The lowest BCUT2D eigenvalue weighted by atomic mass is 9.84. The average Bonchev–Trinajstić information content (AvgIpc) is 3.53. The van der Waals surface area contributed by atoms with E-state index >= 15 is 4.39 Å². The standard InChI is InChI=1S/C23H24F2N3O7S/c1-23(5-6-23)35-22(29)28-8-13-10-32-11-14(9-28)19(13)34-21-18(25)20(26-12-27-21)33-17-4-3-15(7-16(17)24)36(2,30)31/h3-4,7,12-14,19H,2,5-6,8-11H2,1H3/q-1. The summed E-state index contributed by atoms with van der Waals surface area (Å²) in [7, 11) is -3.88. The maximum atomic E-state index is 15.2. The molecule has 0 radical (unpaired) electrons. The summed E-state index contributed by atoms with van der Waals surface area (Å²) in [6, 6.07) is 2.84. The molecule has 1 aromatic heterocycles. The molecule has 3 heterocycles. The number of piperidine rings is 1. The number of sulfone groups is 1. The Morgan fingerprint density at radius 1 is 1.17 bits per heavy atom. The Morgan fingerprint density at radius 2 is 1.83 bits per heavy atom. The van der Waals surface area contributed by atoms with Gasteiger partial charge in [-0.2, -0.15) is 14.4 Å². The van der Waals surface area contributed by atoms with E-state index in [-0.39, 0.29) is 28.7 Å². The molecule has 0 spiro atoms. The topological polar surface area (TPSA) is 117 Å². The van der Waals surface area contributed by atoms with E-state index in [4.69, 9.17) is 18.9 Å². The zero-order valence-corrected chi connectivity index (χ0v) is 20.2. The van der Waals surface area contributed by atoms with Crippen LogP contribution < -0.4 is 9.47 Å². The van der Waals surface area contributed by atoms with Crippen LogP contribution >= 0.6 is 0 Å². The molecule has 36 heavy (non-hydrogen) atoms. The highest BCUT2D eigenvalue weighted by atomic mass is 32.2. The van der Waals surface area contributed by atoms with E-state index < -0.39 is 44.8 Å². The lowest BCUT2D eigenvalue weighted by molar-refractivity contribution is -0.112. The molecule has 2 bridgehead atoms. The third-order valence-corrected chi connectivity index (χ3v) is 7.46. The number of nitrogens with zero attached hydrogens (tertiary/aromatic N) is 3. The van der Waals surface area contributed by atoms with Crippen molar-refractivity contribution in [2.24, 2.45) is 11.8 Å². The van der Waals surface area contributed by atoms with Crippen molar-refractivity contribution in [1.29, 1.82) is 0 Å². The number of carbonyl (C=O) groups is 1. The minimum atomic E-state index is -3.88. The summed E-state index contributed by atoms with van der Waals surface area (Å²) < 4.78 is 74.9. The molecule has 3 fully saturated rings. The van der Waals surface area contributed by atoms with Crippen molar-refractivity contribution in [3.05, 3.63) is 42.4 Å². The minimum absolute atomic E-state index is 0.245. The van der Waals surface area contributed by atoms with Crippen LogP contribution in [0.5, 0.6) is 17.5 Å². The Balaban J connectivity index is 1.30. The molecule has 1 amide bonds. The zero-order valence-electron chi connectivity index (χ0n) is 19.4. The van der Waals surface area contributed by atoms with E-state index in [1.165, 1.54) is 0 Å². The van der Waals surface area contributed by atoms with Gasteiger partial charge in [-0.15, -0.1) is 0 Å². The Bertz CT molecular complexity index is 1270. The first kappa shape index (κ1) is 24.6. The van der Waals surface area contributed by atoms with Crippen LogP contribution in [0.15, 0.2) is 29.4 Å². The van der Waals surface area contributed by atoms with E-state index in [9.17, 15) is 17.6 Å². The molecule has 2 aromatic rings. The second kappa shape index (κ2) is 9.11. The van der Waals surface area contributed by atoms with Gasteiger partial charge >= 0.3 is 6.09 Å². The highest BCUT2D eigenvalue weighted by Gasteiger charge is 2.47. The molecule has 2 unspecified atom stereocenters. The maximum absolute atomic E-state index is 15.2. The predicted molar refractivity (Wildman–Crippen MR) is 119 cm³/mol. The fourth-order valence-electron chi connectivity index (χ4n) is 4.28. The molecule has 0 N–H and O–H groups in total. The van der Waals surface area contributed by atoms with Crippen LogP contribution in [-0.4, -0.2) is 67.4 Å². The Morgan fingerprint density at radius 3 is 2.44 bits per heavy atom. The number of halogens is 2. The van der Waals surface area contributed by atoms with Crippen molar-refractivity contribution in [2.45, 2.75) is 36.4 Å². The Kier molecular flexibility index (Phi) is 6.23. The van der Waals surface area contributed by atoms with Gasteiger partial charge in [-0.05, 0) is 38.0 Å². The lowest BCUT2D eigenvalue weighted by Gasteiger charge is -2.45. The summed E-state index contributed by atoms with van der Waals surface area (Å²) >= 11 is 0. The van der Waals surface area contributed by atoms with E-state index in [1.807, 2.05) is 6.92 Å². The van der Waals surface area contributed by atoms with Gasteiger partial charge in [0.05, 0.1) is 13.2 Å². The first-order chi connectivity index (χ1) is 17.0. The molecule has 2 saturated heterocycles. The van der Waals surface area contributed by atoms with Crippen LogP contribution in [0.4, 0.5) is 13.6 Å². The van der Waals surface area contributed by atoms with Crippen molar-refractivity contribution < 1.29 is 40.9 Å². The molecule has 2 atom stereocenters. The van der Waals surface area contributed by atoms with Crippen LogP contribution in [-0.2, 0) is 19.3 Å². The third-order valence-electron chi connectivity index (χ3n) is 6.49. The van der Waals surface area contributed by atoms with Gasteiger partial charge < -0.3 is 23.8 Å². The highest BCUT2D eigenvalue weighted by molar-refractivity contribution is 7.92. The summed E-state index contributed by atoms with van der Waals surface area (Å²) in [6.07, 6.45) is 4.78. The smallest absolute Gasteiger partial charge is 0.410 e. The van der Waals surface area contributed by atoms with Gasteiger partial charge in [0.25, 0.3) is 11.8 Å². The number of fused-ring (bicyclic) bond motifs is 2. The van der Waals surface area contributed by atoms with Crippen molar-refractivity contribution in [2.75, 3.05) is 26.3 Å². The van der Waals surface area contributed by atoms with Crippen molar-refractivity contribution >= 4 is 15.9 Å².